The first-order valence-corrected chi connectivity index (χ1v) is 9.20. The number of pyridine rings is 2. The van der Waals surface area contributed by atoms with Crippen molar-refractivity contribution in [3.05, 3.63) is 54.1 Å². The van der Waals surface area contributed by atoms with E-state index in [0.29, 0.717) is 6.04 Å². The second-order valence-corrected chi connectivity index (χ2v) is 6.93. The Bertz CT molecular complexity index is 704. The van der Waals surface area contributed by atoms with E-state index in [-0.39, 0.29) is 6.03 Å². The van der Waals surface area contributed by atoms with Crippen LogP contribution in [0.25, 0.3) is 0 Å². The number of rotatable bonds is 4. The molecular formula is C20H27N5O. The quantitative estimate of drug-likeness (QED) is 0.916. The van der Waals surface area contributed by atoms with E-state index in [4.69, 9.17) is 0 Å². The van der Waals surface area contributed by atoms with Crippen molar-refractivity contribution in [3.8, 4) is 0 Å². The molecular weight excluding hydrogens is 326 g/mol. The first-order chi connectivity index (χ1) is 12.6. The molecule has 2 amide bonds. The third-order valence-corrected chi connectivity index (χ3v) is 4.91. The van der Waals surface area contributed by atoms with E-state index in [1.165, 1.54) is 0 Å². The number of amides is 2. The molecule has 2 aromatic heterocycles. The van der Waals surface area contributed by atoms with Gasteiger partial charge in [0.2, 0.25) is 0 Å². The summed E-state index contributed by atoms with van der Waals surface area (Å²) in [6, 6.07) is 10.2. The molecule has 26 heavy (non-hydrogen) atoms. The summed E-state index contributed by atoms with van der Waals surface area (Å²) < 4.78 is 0. The predicted octanol–water partition coefficient (Wildman–Crippen LogP) is 3.30. The summed E-state index contributed by atoms with van der Waals surface area (Å²) in [5, 5.41) is 2.95. The van der Waals surface area contributed by atoms with Crippen molar-refractivity contribution in [2.24, 2.45) is 0 Å². The zero-order valence-corrected chi connectivity index (χ0v) is 15.6. The van der Waals surface area contributed by atoms with Gasteiger partial charge in [0.05, 0.1) is 17.6 Å². The van der Waals surface area contributed by atoms with Crippen LogP contribution in [0.1, 0.15) is 30.7 Å². The Labute approximate surface area is 155 Å². The van der Waals surface area contributed by atoms with Crippen molar-refractivity contribution in [1.82, 2.24) is 19.8 Å². The van der Waals surface area contributed by atoms with Crippen molar-refractivity contribution in [2.45, 2.75) is 38.8 Å². The monoisotopic (exact) mass is 353 g/mol. The summed E-state index contributed by atoms with van der Waals surface area (Å²) in [5.74, 6) is 0. The first kappa shape index (κ1) is 18.3. The average Bonchev–Trinajstić information content (AvgIpc) is 2.91. The van der Waals surface area contributed by atoms with Crippen LogP contribution in [0.5, 0.6) is 0 Å². The fraction of sp³-hybridized carbons (Fsp3) is 0.450. The molecule has 3 rings (SSSR count). The summed E-state index contributed by atoms with van der Waals surface area (Å²) in [5.41, 5.74) is 2.77. The van der Waals surface area contributed by atoms with E-state index >= 15 is 0 Å². The minimum absolute atomic E-state index is 0.0383. The van der Waals surface area contributed by atoms with E-state index in [1.807, 2.05) is 42.3 Å². The Balaban J connectivity index is 1.52. The van der Waals surface area contributed by atoms with Crippen LogP contribution in [0.3, 0.4) is 0 Å². The van der Waals surface area contributed by atoms with E-state index in [1.54, 1.807) is 6.20 Å². The number of urea groups is 1. The summed E-state index contributed by atoms with van der Waals surface area (Å²) >= 11 is 0. The SMILES string of the molecule is Cc1ccc(NC(=O)N2CCC[C@@H](N(C)Cc3ccccn3)CC2)cn1. The van der Waals surface area contributed by atoms with Crippen LogP contribution in [-0.4, -0.2) is 52.0 Å². The number of carbonyl (C=O) groups is 1. The van der Waals surface area contributed by atoms with Gasteiger partial charge in [0, 0.05) is 37.6 Å². The summed E-state index contributed by atoms with van der Waals surface area (Å²) in [7, 11) is 2.15. The molecule has 6 nitrogen and oxygen atoms in total. The molecule has 138 valence electrons. The van der Waals surface area contributed by atoms with Crippen LogP contribution in [-0.2, 0) is 6.54 Å². The lowest BCUT2D eigenvalue weighted by Gasteiger charge is -2.27. The van der Waals surface area contributed by atoms with Gasteiger partial charge in [0.15, 0.2) is 0 Å². The number of nitrogens with zero attached hydrogens (tertiary/aromatic N) is 4. The lowest BCUT2D eigenvalue weighted by Crippen LogP contribution is -2.37. The minimum atomic E-state index is -0.0383. The molecule has 0 aliphatic carbocycles. The fourth-order valence-corrected chi connectivity index (χ4v) is 3.34. The summed E-state index contributed by atoms with van der Waals surface area (Å²) in [4.78, 5) is 25.4. The van der Waals surface area contributed by atoms with Crippen LogP contribution in [0.2, 0.25) is 0 Å². The van der Waals surface area contributed by atoms with Crippen LogP contribution in [0, 0.1) is 6.92 Å². The second kappa shape index (κ2) is 8.76. The molecule has 1 aliphatic heterocycles. The Kier molecular flexibility index (Phi) is 6.17. The number of aryl methyl sites for hydroxylation is 1. The molecule has 0 aromatic carbocycles. The van der Waals surface area contributed by atoms with Gasteiger partial charge in [-0.05, 0) is 57.5 Å². The topological polar surface area (TPSA) is 61.4 Å². The minimum Gasteiger partial charge on any atom is -0.324 e. The highest BCUT2D eigenvalue weighted by Crippen LogP contribution is 2.18. The highest BCUT2D eigenvalue weighted by atomic mass is 16.2. The smallest absolute Gasteiger partial charge is 0.321 e. The molecule has 0 unspecified atom stereocenters. The number of likely N-dealkylation sites (tertiary alicyclic amines) is 1. The van der Waals surface area contributed by atoms with Crippen LogP contribution >= 0.6 is 0 Å². The van der Waals surface area contributed by atoms with E-state index in [0.717, 1.165) is 56.0 Å². The maximum atomic E-state index is 12.5. The molecule has 3 heterocycles. The van der Waals surface area contributed by atoms with Crippen molar-refractivity contribution in [3.63, 3.8) is 0 Å². The van der Waals surface area contributed by atoms with Gasteiger partial charge in [0.1, 0.15) is 0 Å². The van der Waals surface area contributed by atoms with Gasteiger partial charge in [-0.1, -0.05) is 6.07 Å². The molecule has 0 radical (unpaired) electrons. The molecule has 1 saturated heterocycles. The maximum absolute atomic E-state index is 12.5. The van der Waals surface area contributed by atoms with Gasteiger partial charge in [-0.2, -0.15) is 0 Å². The van der Waals surface area contributed by atoms with E-state index in [2.05, 4.69) is 33.3 Å². The lowest BCUT2D eigenvalue weighted by molar-refractivity contribution is 0.200. The van der Waals surface area contributed by atoms with Crippen molar-refractivity contribution in [2.75, 3.05) is 25.5 Å². The van der Waals surface area contributed by atoms with Crippen molar-refractivity contribution >= 4 is 11.7 Å². The second-order valence-electron chi connectivity index (χ2n) is 6.93. The lowest BCUT2D eigenvalue weighted by atomic mass is 10.1. The summed E-state index contributed by atoms with van der Waals surface area (Å²) in [6.45, 7) is 4.33. The molecule has 0 bridgehead atoms. The molecule has 1 aliphatic rings. The largest absolute Gasteiger partial charge is 0.324 e. The predicted molar refractivity (Wildman–Crippen MR) is 103 cm³/mol. The number of hydrogen-bond acceptors (Lipinski definition) is 4. The Morgan fingerprint density at radius 1 is 1.23 bits per heavy atom. The highest BCUT2D eigenvalue weighted by molar-refractivity contribution is 5.89. The zero-order chi connectivity index (χ0) is 18.4. The number of anilines is 1. The molecule has 1 atom stereocenters. The summed E-state index contributed by atoms with van der Waals surface area (Å²) in [6.07, 6.45) is 6.62. The first-order valence-electron chi connectivity index (χ1n) is 9.20. The molecule has 1 fully saturated rings. The van der Waals surface area contributed by atoms with Crippen LogP contribution in [0.15, 0.2) is 42.7 Å². The number of carbonyl (C=O) groups excluding carboxylic acids is 1. The molecule has 1 N–H and O–H groups in total. The van der Waals surface area contributed by atoms with Gasteiger partial charge in [-0.3, -0.25) is 14.9 Å². The Morgan fingerprint density at radius 2 is 2.12 bits per heavy atom. The van der Waals surface area contributed by atoms with Gasteiger partial charge >= 0.3 is 6.03 Å². The van der Waals surface area contributed by atoms with Gasteiger partial charge < -0.3 is 10.2 Å². The average molecular weight is 353 g/mol. The fourth-order valence-electron chi connectivity index (χ4n) is 3.34. The molecule has 6 heteroatoms. The third kappa shape index (κ3) is 5.02. The number of hydrogen-bond donors (Lipinski definition) is 1. The maximum Gasteiger partial charge on any atom is 0.321 e. The van der Waals surface area contributed by atoms with Crippen molar-refractivity contribution in [1.29, 1.82) is 0 Å². The third-order valence-electron chi connectivity index (χ3n) is 4.91. The van der Waals surface area contributed by atoms with Gasteiger partial charge in [-0.15, -0.1) is 0 Å². The van der Waals surface area contributed by atoms with Crippen LogP contribution in [0.4, 0.5) is 10.5 Å². The standard InChI is InChI=1S/C20H27N5O/c1-16-8-9-17(14-22-16)23-20(26)25-12-5-7-19(10-13-25)24(2)15-18-6-3-4-11-21-18/h3-4,6,8-9,11,14,19H,5,7,10,12-13,15H2,1-2H3,(H,23,26)/t19-/m1/s1. The molecule has 0 spiro atoms. The molecule has 0 saturated carbocycles. The van der Waals surface area contributed by atoms with E-state index in [9.17, 15) is 4.79 Å². The normalized spacial score (nSPS) is 17.8. The van der Waals surface area contributed by atoms with Gasteiger partial charge in [0.25, 0.3) is 0 Å². The number of nitrogens with one attached hydrogen (secondary N) is 1. The van der Waals surface area contributed by atoms with Gasteiger partial charge in [-0.25, -0.2) is 4.79 Å². The Hall–Kier alpha value is -2.47. The highest BCUT2D eigenvalue weighted by Gasteiger charge is 2.23. The van der Waals surface area contributed by atoms with Crippen molar-refractivity contribution < 1.29 is 4.79 Å². The molecule has 2 aromatic rings. The zero-order valence-electron chi connectivity index (χ0n) is 15.6. The Morgan fingerprint density at radius 3 is 2.85 bits per heavy atom. The van der Waals surface area contributed by atoms with Crippen LogP contribution < -0.4 is 5.32 Å². The van der Waals surface area contributed by atoms with E-state index < -0.39 is 0 Å². The number of aromatic nitrogens is 2.